The van der Waals surface area contributed by atoms with E-state index in [1.165, 1.54) is 11.1 Å². The third kappa shape index (κ3) is 2.51. The number of rotatable bonds is 3. The van der Waals surface area contributed by atoms with Crippen LogP contribution in [0, 0.1) is 13.8 Å². The number of anilines is 2. The predicted molar refractivity (Wildman–Crippen MR) is 74.1 cm³/mol. The Labute approximate surface area is 108 Å². The van der Waals surface area contributed by atoms with Crippen LogP contribution in [0.3, 0.4) is 0 Å². The summed E-state index contributed by atoms with van der Waals surface area (Å²) in [5.74, 6) is 0. The fourth-order valence-electron chi connectivity index (χ4n) is 2.15. The maximum atomic E-state index is 9.36. The first-order chi connectivity index (χ1) is 8.61. The average Bonchev–Trinajstić information content (AvgIpc) is 2.36. The zero-order chi connectivity index (χ0) is 13.1. The second-order valence-corrected chi connectivity index (χ2v) is 4.57. The van der Waals surface area contributed by atoms with Crippen molar-refractivity contribution in [3.63, 3.8) is 0 Å². The highest BCUT2D eigenvalue weighted by molar-refractivity contribution is 5.66. The topological polar surface area (TPSA) is 36.4 Å². The molecule has 2 aromatic rings. The van der Waals surface area contributed by atoms with Crippen LogP contribution in [0.15, 0.2) is 36.7 Å². The number of hydrogen-bond donors (Lipinski definition) is 1. The second kappa shape index (κ2) is 5.19. The monoisotopic (exact) mass is 242 g/mol. The summed E-state index contributed by atoms with van der Waals surface area (Å²) in [7, 11) is 2.00. The zero-order valence-electron chi connectivity index (χ0n) is 11.0. The molecule has 1 N–H and O–H groups in total. The van der Waals surface area contributed by atoms with Crippen LogP contribution in [0.4, 0.5) is 11.4 Å². The first-order valence-corrected chi connectivity index (χ1v) is 5.97. The Bertz CT molecular complexity index is 532. The Morgan fingerprint density at radius 3 is 2.44 bits per heavy atom. The lowest BCUT2D eigenvalue weighted by atomic mass is 10.1. The van der Waals surface area contributed by atoms with E-state index in [1.807, 2.05) is 13.1 Å². The number of aromatic nitrogens is 1. The third-order valence-electron chi connectivity index (χ3n) is 3.00. The van der Waals surface area contributed by atoms with Gasteiger partial charge >= 0.3 is 0 Å². The van der Waals surface area contributed by atoms with E-state index in [0.29, 0.717) is 0 Å². The van der Waals surface area contributed by atoms with Crippen LogP contribution in [0.25, 0.3) is 0 Å². The SMILES string of the molecule is Cc1cc(C)cc(N(C)c2ccncc2CO)c1. The minimum Gasteiger partial charge on any atom is -0.392 e. The van der Waals surface area contributed by atoms with Gasteiger partial charge in [0.25, 0.3) is 0 Å². The molecule has 0 aliphatic rings. The number of pyridine rings is 1. The van der Waals surface area contributed by atoms with E-state index in [9.17, 15) is 5.11 Å². The van der Waals surface area contributed by atoms with Crippen LogP contribution >= 0.6 is 0 Å². The highest BCUT2D eigenvalue weighted by Crippen LogP contribution is 2.27. The van der Waals surface area contributed by atoms with E-state index in [4.69, 9.17) is 0 Å². The molecule has 1 aromatic heterocycles. The molecule has 0 aliphatic carbocycles. The van der Waals surface area contributed by atoms with E-state index >= 15 is 0 Å². The fraction of sp³-hybridized carbons (Fsp3) is 0.267. The lowest BCUT2D eigenvalue weighted by molar-refractivity contribution is 0.282. The van der Waals surface area contributed by atoms with Crippen LogP contribution in [-0.2, 0) is 6.61 Å². The number of hydrogen-bond acceptors (Lipinski definition) is 3. The summed E-state index contributed by atoms with van der Waals surface area (Å²) in [6, 6.07) is 8.34. The zero-order valence-corrected chi connectivity index (χ0v) is 11.0. The molecule has 2 rings (SSSR count). The van der Waals surface area contributed by atoms with Crippen LogP contribution in [-0.4, -0.2) is 17.1 Å². The van der Waals surface area contributed by atoms with Gasteiger partial charge in [-0.3, -0.25) is 4.98 Å². The van der Waals surface area contributed by atoms with E-state index in [0.717, 1.165) is 16.9 Å². The summed E-state index contributed by atoms with van der Waals surface area (Å²) in [5, 5.41) is 9.36. The smallest absolute Gasteiger partial charge is 0.0717 e. The van der Waals surface area contributed by atoms with Crippen molar-refractivity contribution in [1.82, 2.24) is 4.98 Å². The molecule has 0 amide bonds. The lowest BCUT2D eigenvalue weighted by Gasteiger charge is -2.22. The standard InChI is InChI=1S/C15H18N2O/c1-11-6-12(2)8-14(7-11)17(3)15-4-5-16-9-13(15)10-18/h4-9,18H,10H2,1-3H3. The molecule has 0 saturated heterocycles. The molecule has 0 unspecified atom stereocenters. The lowest BCUT2D eigenvalue weighted by Crippen LogP contribution is -2.12. The van der Waals surface area contributed by atoms with E-state index < -0.39 is 0 Å². The van der Waals surface area contributed by atoms with Crippen molar-refractivity contribution in [3.05, 3.63) is 53.3 Å². The summed E-state index contributed by atoms with van der Waals surface area (Å²) >= 11 is 0. The molecule has 0 saturated carbocycles. The second-order valence-electron chi connectivity index (χ2n) is 4.57. The molecule has 0 fully saturated rings. The Hall–Kier alpha value is -1.87. The molecule has 0 spiro atoms. The van der Waals surface area contributed by atoms with Crippen LogP contribution < -0.4 is 4.90 Å². The number of benzene rings is 1. The van der Waals surface area contributed by atoms with Crippen molar-refractivity contribution in [1.29, 1.82) is 0 Å². The minimum absolute atomic E-state index is 0.00168. The van der Waals surface area contributed by atoms with Crippen LogP contribution in [0.1, 0.15) is 16.7 Å². The summed E-state index contributed by atoms with van der Waals surface area (Å²) in [4.78, 5) is 6.12. The van der Waals surface area contributed by atoms with Crippen LogP contribution in [0.5, 0.6) is 0 Å². The molecule has 94 valence electrons. The van der Waals surface area contributed by atoms with Gasteiger partial charge in [0.2, 0.25) is 0 Å². The van der Waals surface area contributed by atoms with Crippen molar-refractivity contribution in [2.75, 3.05) is 11.9 Å². The van der Waals surface area contributed by atoms with Gasteiger partial charge in [-0.25, -0.2) is 0 Å². The van der Waals surface area contributed by atoms with Gasteiger partial charge in [-0.2, -0.15) is 0 Å². The van der Waals surface area contributed by atoms with Gasteiger partial charge in [0.15, 0.2) is 0 Å². The molecule has 0 aliphatic heterocycles. The fourth-order valence-corrected chi connectivity index (χ4v) is 2.15. The molecular weight excluding hydrogens is 224 g/mol. The molecule has 0 atom stereocenters. The van der Waals surface area contributed by atoms with Gasteiger partial charge in [0.05, 0.1) is 6.61 Å². The van der Waals surface area contributed by atoms with Gasteiger partial charge in [-0.15, -0.1) is 0 Å². The summed E-state index contributed by atoms with van der Waals surface area (Å²) in [6.07, 6.45) is 3.45. The Morgan fingerprint density at radius 2 is 1.83 bits per heavy atom. The quantitative estimate of drug-likeness (QED) is 0.899. The van der Waals surface area contributed by atoms with Gasteiger partial charge < -0.3 is 10.0 Å². The maximum absolute atomic E-state index is 9.36. The van der Waals surface area contributed by atoms with Crippen molar-refractivity contribution in [2.45, 2.75) is 20.5 Å². The molecule has 3 nitrogen and oxygen atoms in total. The maximum Gasteiger partial charge on any atom is 0.0717 e. The van der Waals surface area contributed by atoms with Crippen molar-refractivity contribution >= 4 is 11.4 Å². The van der Waals surface area contributed by atoms with Crippen molar-refractivity contribution in [2.24, 2.45) is 0 Å². The van der Waals surface area contributed by atoms with Gasteiger partial charge in [0, 0.05) is 36.4 Å². The number of aliphatic hydroxyl groups excluding tert-OH is 1. The third-order valence-corrected chi connectivity index (χ3v) is 3.00. The molecule has 1 aromatic carbocycles. The summed E-state index contributed by atoms with van der Waals surface area (Å²) < 4.78 is 0. The first kappa shape index (κ1) is 12.6. The highest BCUT2D eigenvalue weighted by Gasteiger charge is 2.09. The van der Waals surface area contributed by atoms with Gasteiger partial charge in [0.1, 0.15) is 0 Å². The molecular formula is C15H18N2O. The van der Waals surface area contributed by atoms with E-state index in [2.05, 4.69) is 41.9 Å². The van der Waals surface area contributed by atoms with Crippen molar-refractivity contribution < 1.29 is 5.11 Å². The Balaban J connectivity index is 2.44. The average molecular weight is 242 g/mol. The van der Waals surface area contributed by atoms with Crippen molar-refractivity contribution in [3.8, 4) is 0 Å². The Kier molecular flexibility index (Phi) is 3.63. The molecule has 0 bridgehead atoms. The number of nitrogens with zero attached hydrogens (tertiary/aromatic N) is 2. The van der Waals surface area contributed by atoms with Gasteiger partial charge in [-0.05, 0) is 43.2 Å². The minimum atomic E-state index is -0.00168. The Morgan fingerprint density at radius 1 is 1.17 bits per heavy atom. The molecule has 0 radical (unpaired) electrons. The predicted octanol–water partition coefficient (Wildman–Crippen LogP) is 2.96. The number of aryl methyl sites for hydroxylation is 2. The van der Waals surface area contributed by atoms with Gasteiger partial charge in [-0.1, -0.05) is 6.07 Å². The molecule has 3 heteroatoms. The summed E-state index contributed by atoms with van der Waals surface area (Å²) in [5.41, 5.74) is 5.40. The summed E-state index contributed by atoms with van der Waals surface area (Å²) in [6.45, 7) is 4.17. The molecule has 18 heavy (non-hydrogen) atoms. The van der Waals surface area contributed by atoms with E-state index in [-0.39, 0.29) is 6.61 Å². The molecule has 1 heterocycles. The van der Waals surface area contributed by atoms with Crippen LogP contribution in [0.2, 0.25) is 0 Å². The largest absolute Gasteiger partial charge is 0.392 e. The highest BCUT2D eigenvalue weighted by atomic mass is 16.3. The first-order valence-electron chi connectivity index (χ1n) is 5.97. The number of aliphatic hydroxyl groups is 1. The van der Waals surface area contributed by atoms with E-state index in [1.54, 1.807) is 12.4 Å². The normalized spacial score (nSPS) is 10.4.